The fourth-order valence-electron chi connectivity index (χ4n) is 6.28. The molecule has 8 nitrogen and oxygen atoms in total. The van der Waals surface area contributed by atoms with Gasteiger partial charge < -0.3 is 23.8 Å². The molecule has 0 aromatic rings. The summed E-state index contributed by atoms with van der Waals surface area (Å²) >= 11 is 0. The minimum atomic E-state index is -1.19. The van der Waals surface area contributed by atoms with Gasteiger partial charge in [0.15, 0.2) is 0 Å². The molecule has 0 aliphatic heterocycles. The zero-order valence-corrected chi connectivity index (χ0v) is 34.1. The van der Waals surface area contributed by atoms with Gasteiger partial charge >= 0.3 is 18.1 Å². The van der Waals surface area contributed by atoms with Crippen LogP contribution in [-0.2, 0) is 28.5 Å². The molecule has 0 radical (unpaired) electrons. The van der Waals surface area contributed by atoms with Gasteiger partial charge in [-0.15, -0.1) is 0 Å². The van der Waals surface area contributed by atoms with E-state index in [0.29, 0.717) is 13.0 Å². The fourth-order valence-corrected chi connectivity index (χ4v) is 6.28. The molecular formula is C43H83NO7. The average Bonchev–Trinajstić information content (AvgIpc) is 3.11. The Hall–Kier alpha value is -1.83. The third-order valence-corrected chi connectivity index (χ3v) is 9.58. The normalized spacial score (nSPS) is 11.9. The third kappa shape index (κ3) is 37.7. The van der Waals surface area contributed by atoms with Gasteiger partial charge in [0.05, 0.1) is 19.8 Å². The van der Waals surface area contributed by atoms with E-state index in [4.69, 9.17) is 18.9 Å². The lowest BCUT2D eigenvalue weighted by atomic mass is 10.0. The molecule has 302 valence electrons. The van der Waals surface area contributed by atoms with Crippen molar-refractivity contribution in [3.63, 3.8) is 0 Å². The molecule has 0 fully saturated rings. The van der Waals surface area contributed by atoms with Crippen molar-refractivity contribution < 1.29 is 33.3 Å². The predicted molar refractivity (Wildman–Crippen MR) is 211 cm³/mol. The van der Waals surface area contributed by atoms with Gasteiger partial charge in [-0.1, -0.05) is 181 Å². The Morgan fingerprint density at radius 1 is 0.451 bits per heavy atom. The summed E-state index contributed by atoms with van der Waals surface area (Å²) in [7, 11) is 3.89. The van der Waals surface area contributed by atoms with E-state index >= 15 is 0 Å². The van der Waals surface area contributed by atoms with Gasteiger partial charge in [0.25, 0.3) is 0 Å². The van der Waals surface area contributed by atoms with E-state index in [2.05, 4.69) is 13.8 Å². The number of unbranched alkanes of at least 4 members (excludes halogenated alkanes) is 26. The van der Waals surface area contributed by atoms with Crippen LogP contribution in [0.25, 0.3) is 0 Å². The molecule has 51 heavy (non-hydrogen) atoms. The lowest BCUT2D eigenvalue weighted by molar-refractivity contribution is -0.156. The zero-order valence-electron chi connectivity index (χ0n) is 34.1. The van der Waals surface area contributed by atoms with Crippen molar-refractivity contribution >= 4 is 18.1 Å². The lowest BCUT2D eigenvalue weighted by Crippen LogP contribution is -2.31. The van der Waals surface area contributed by atoms with Gasteiger partial charge in [-0.25, -0.2) is 9.59 Å². The number of carbonyl (C=O) groups is 3. The first kappa shape index (κ1) is 49.2. The first-order valence-corrected chi connectivity index (χ1v) is 21.7. The van der Waals surface area contributed by atoms with Crippen molar-refractivity contribution in [2.24, 2.45) is 0 Å². The Bertz CT molecular complexity index is 775. The minimum absolute atomic E-state index is 0.0158. The van der Waals surface area contributed by atoms with Crippen molar-refractivity contribution in [3.8, 4) is 0 Å². The summed E-state index contributed by atoms with van der Waals surface area (Å²) in [4.78, 5) is 39.6. The maximum absolute atomic E-state index is 12.8. The van der Waals surface area contributed by atoms with Crippen LogP contribution in [0.1, 0.15) is 213 Å². The van der Waals surface area contributed by atoms with Crippen LogP contribution in [-0.4, -0.2) is 69.6 Å². The molecule has 0 bridgehead atoms. The number of hydrogen-bond acceptors (Lipinski definition) is 8. The molecule has 0 aliphatic rings. The van der Waals surface area contributed by atoms with Gasteiger partial charge in [0, 0.05) is 19.4 Å². The van der Waals surface area contributed by atoms with E-state index in [0.717, 1.165) is 45.1 Å². The zero-order chi connectivity index (χ0) is 37.5. The number of esters is 2. The van der Waals surface area contributed by atoms with Crippen molar-refractivity contribution in [1.29, 1.82) is 0 Å². The van der Waals surface area contributed by atoms with Crippen LogP contribution >= 0.6 is 0 Å². The second-order valence-electron chi connectivity index (χ2n) is 15.0. The molecule has 0 heterocycles. The molecule has 0 spiro atoms. The summed E-state index contributed by atoms with van der Waals surface area (Å²) in [6.45, 7) is 6.14. The highest BCUT2D eigenvalue weighted by Gasteiger charge is 2.26. The van der Waals surface area contributed by atoms with E-state index < -0.39 is 24.2 Å². The summed E-state index contributed by atoms with van der Waals surface area (Å²) in [5.41, 5.74) is 0. The molecule has 0 saturated heterocycles. The van der Waals surface area contributed by atoms with Crippen LogP contribution in [0.4, 0.5) is 4.79 Å². The van der Waals surface area contributed by atoms with E-state index in [1.54, 1.807) is 0 Å². The Kier molecular flexibility index (Phi) is 38.0. The van der Waals surface area contributed by atoms with Gasteiger partial charge in [0.2, 0.25) is 6.10 Å². The molecule has 0 amide bonds. The molecule has 1 unspecified atom stereocenters. The molecule has 8 heteroatoms. The Morgan fingerprint density at radius 3 is 1.20 bits per heavy atom. The van der Waals surface area contributed by atoms with Gasteiger partial charge in [-0.05, 0) is 33.4 Å². The van der Waals surface area contributed by atoms with E-state index in [1.165, 1.54) is 141 Å². The van der Waals surface area contributed by atoms with E-state index in [1.807, 2.05) is 19.0 Å². The highest BCUT2D eigenvalue weighted by Crippen LogP contribution is 2.15. The van der Waals surface area contributed by atoms with Crippen LogP contribution in [0.2, 0.25) is 0 Å². The highest BCUT2D eigenvalue weighted by atomic mass is 16.7. The maximum Gasteiger partial charge on any atom is 0.509 e. The summed E-state index contributed by atoms with van der Waals surface area (Å²) in [6, 6.07) is 0. The van der Waals surface area contributed by atoms with Crippen molar-refractivity contribution in [2.45, 2.75) is 219 Å². The van der Waals surface area contributed by atoms with Crippen LogP contribution < -0.4 is 0 Å². The van der Waals surface area contributed by atoms with Crippen molar-refractivity contribution in [1.82, 2.24) is 4.90 Å². The van der Waals surface area contributed by atoms with Crippen LogP contribution in [0, 0.1) is 0 Å². The summed E-state index contributed by atoms with van der Waals surface area (Å²) in [6.07, 6.45) is 33.9. The monoisotopic (exact) mass is 726 g/mol. The first-order chi connectivity index (χ1) is 24.9. The maximum atomic E-state index is 12.8. The molecule has 1 atom stereocenters. The molecule has 0 aromatic carbocycles. The molecule has 0 saturated carbocycles. The van der Waals surface area contributed by atoms with Crippen LogP contribution in [0.15, 0.2) is 0 Å². The number of nitrogens with zero attached hydrogens (tertiary/aromatic N) is 1. The third-order valence-electron chi connectivity index (χ3n) is 9.58. The largest absolute Gasteiger partial charge is 0.509 e. The van der Waals surface area contributed by atoms with Gasteiger partial charge in [-0.3, -0.25) is 4.79 Å². The van der Waals surface area contributed by atoms with Crippen LogP contribution in [0.3, 0.4) is 0 Å². The van der Waals surface area contributed by atoms with Crippen molar-refractivity contribution in [2.75, 3.05) is 40.5 Å². The summed E-state index contributed by atoms with van der Waals surface area (Å²) in [5, 5.41) is 0. The topological polar surface area (TPSA) is 91.4 Å². The highest BCUT2D eigenvalue weighted by molar-refractivity contribution is 5.78. The van der Waals surface area contributed by atoms with E-state index in [-0.39, 0.29) is 26.1 Å². The van der Waals surface area contributed by atoms with Crippen molar-refractivity contribution in [3.05, 3.63) is 0 Å². The standard InChI is InChI=1S/C43H83NO7/c1-5-7-9-11-13-15-17-19-21-23-25-27-29-31-37-48-41(45)35-34-40(51-43(47)50-39-33-36-44(3)4)42(46)49-38-32-30-28-26-24-22-20-18-16-14-12-10-8-6-2/h40H,5-39H2,1-4H3. The number of carbonyl (C=O) groups excluding carboxylic acids is 3. The Morgan fingerprint density at radius 2 is 0.804 bits per heavy atom. The van der Waals surface area contributed by atoms with Gasteiger partial charge in [0.1, 0.15) is 0 Å². The predicted octanol–water partition coefficient (Wildman–Crippen LogP) is 12.3. The molecule has 0 N–H and O–H groups in total. The number of hydrogen-bond donors (Lipinski definition) is 0. The molecule has 0 aliphatic carbocycles. The van der Waals surface area contributed by atoms with E-state index in [9.17, 15) is 14.4 Å². The Balaban J connectivity index is 4.15. The second-order valence-corrected chi connectivity index (χ2v) is 15.0. The number of ether oxygens (including phenoxy) is 4. The quantitative estimate of drug-likeness (QED) is 0.0351. The summed E-state index contributed by atoms with van der Waals surface area (Å²) < 4.78 is 21.3. The second kappa shape index (κ2) is 39.4. The van der Waals surface area contributed by atoms with Crippen LogP contribution in [0.5, 0.6) is 0 Å². The minimum Gasteiger partial charge on any atom is -0.466 e. The fraction of sp³-hybridized carbons (Fsp3) is 0.930. The molecular weight excluding hydrogens is 642 g/mol. The summed E-state index contributed by atoms with van der Waals surface area (Å²) in [5.74, 6) is -1.02. The lowest BCUT2D eigenvalue weighted by Gasteiger charge is -2.17. The smallest absolute Gasteiger partial charge is 0.466 e. The average molecular weight is 726 g/mol. The molecule has 0 rings (SSSR count). The molecule has 0 aromatic heterocycles. The SMILES string of the molecule is CCCCCCCCCCCCCCCCOC(=O)CCC(OC(=O)OCCCN(C)C)C(=O)OCCCCCCCCCCCCCCCC. The Labute approximate surface area is 315 Å². The number of rotatable bonds is 39. The van der Waals surface area contributed by atoms with Gasteiger partial charge in [-0.2, -0.15) is 0 Å². The first-order valence-electron chi connectivity index (χ1n) is 21.7.